The van der Waals surface area contributed by atoms with E-state index in [2.05, 4.69) is 18.1 Å². The number of ether oxygens (including phenoxy) is 1. The molecule has 2 rings (SSSR count). The van der Waals surface area contributed by atoms with Crippen molar-refractivity contribution in [2.75, 3.05) is 13.3 Å². The standard InChI is InChI=1S/C12H23FN3O12P3/c1-2-4-12(6-25-30(21,22)28-31(23,24)27-29(18,19)20)10(17)9(13)11(26-12)16-5-3-8(14)15-7-16/h3,5,9-11,17H,2,4,6-7H2,1H3,(H2,14,15)(H,21,22)(H,23,24)(H2,18,19,20)/t9-,10+,11-,12-/m1/s1. The van der Waals surface area contributed by atoms with Gasteiger partial charge in [-0.1, -0.05) is 13.3 Å². The first-order valence-electron chi connectivity index (χ1n) is 8.62. The fourth-order valence-electron chi connectivity index (χ4n) is 2.99. The molecule has 0 spiro atoms. The van der Waals surface area contributed by atoms with Gasteiger partial charge in [0.15, 0.2) is 12.4 Å². The summed E-state index contributed by atoms with van der Waals surface area (Å²) in [5.41, 5.74) is 3.63. The lowest BCUT2D eigenvalue weighted by Gasteiger charge is -2.33. The fourth-order valence-corrected chi connectivity index (χ4v) is 6.06. The van der Waals surface area contributed by atoms with Gasteiger partial charge in [-0.2, -0.15) is 8.62 Å². The molecule has 0 amide bonds. The molecule has 0 saturated carbocycles. The minimum Gasteiger partial charge on any atom is -0.387 e. The zero-order valence-corrected chi connectivity index (χ0v) is 18.7. The monoisotopic (exact) mass is 513 g/mol. The van der Waals surface area contributed by atoms with Crippen LogP contribution in [0.4, 0.5) is 4.39 Å². The van der Waals surface area contributed by atoms with Crippen LogP contribution in [0.1, 0.15) is 19.8 Å². The Balaban J connectivity index is 2.14. The van der Waals surface area contributed by atoms with Gasteiger partial charge in [0.1, 0.15) is 24.2 Å². The van der Waals surface area contributed by atoms with Crippen LogP contribution in [-0.2, 0) is 31.6 Å². The van der Waals surface area contributed by atoms with E-state index in [0.29, 0.717) is 6.42 Å². The summed E-state index contributed by atoms with van der Waals surface area (Å²) in [5.74, 6) is 0.192. The molecule has 1 saturated heterocycles. The van der Waals surface area contributed by atoms with Crippen molar-refractivity contribution in [3.8, 4) is 0 Å². The first kappa shape index (κ1) is 26.5. The molecule has 6 atom stereocenters. The molecule has 0 aromatic rings. The molecule has 0 bridgehead atoms. The third kappa shape index (κ3) is 7.13. The highest BCUT2D eigenvalue weighted by atomic mass is 31.3. The van der Waals surface area contributed by atoms with Crippen LogP contribution in [0.3, 0.4) is 0 Å². The van der Waals surface area contributed by atoms with Crippen LogP contribution in [0.25, 0.3) is 0 Å². The molecule has 2 aliphatic heterocycles. The summed E-state index contributed by atoms with van der Waals surface area (Å²) >= 11 is 0. The van der Waals surface area contributed by atoms with Crippen LogP contribution in [0, 0.1) is 0 Å². The Hall–Kier alpha value is -0.730. The van der Waals surface area contributed by atoms with Crippen LogP contribution in [0.5, 0.6) is 0 Å². The number of aliphatic hydroxyl groups excluding tert-OH is 1. The lowest BCUT2D eigenvalue weighted by molar-refractivity contribution is -0.140. The molecule has 0 aromatic heterocycles. The predicted molar refractivity (Wildman–Crippen MR) is 101 cm³/mol. The van der Waals surface area contributed by atoms with E-state index < -0.39 is 54.2 Å². The van der Waals surface area contributed by atoms with E-state index in [1.54, 1.807) is 6.92 Å². The number of hydrogen-bond acceptors (Lipinski definition) is 11. The maximum Gasteiger partial charge on any atom is 0.490 e. The quantitative estimate of drug-likeness (QED) is 0.212. The molecule has 2 heterocycles. The summed E-state index contributed by atoms with van der Waals surface area (Å²) in [6.45, 7) is 0.582. The van der Waals surface area contributed by atoms with E-state index in [1.807, 2.05) is 0 Å². The fraction of sp³-hybridized carbons (Fsp3) is 0.750. The number of nitrogens with zero attached hydrogens (tertiary/aromatic N) is 2. The number of aliphatic imine (C=N–C) groups is 1. The second kappa shape index (κ2) is 9.64. The molecule has 7 N–H and O–H groups in total. The number of hydrogen-bond donors (Lipinski definition) is 6. The minimum atomic E-state index is -5.72. The summed E-state index contributed by atoms with van der Waals surface area (Å²) in [7, 11) is -16.8. The highest BCUT2D eigenvalue weighted by molar-refractivity contribution is 7.66. The number of rotatable bonds is 10. The molecule has 180 valence electrons. The van der Waals surface area contributed by atoms with Gasteiger partial charge in [0.05, 0.1) is 6.61 Å². The summed E-state index contributed by atoms with van der Waals surface area (Å²) in [6, 6.07) is 0. The number of alkyl halides is 1. The molecule has 2 unspecified atom stereocenters. The number of phosphoric acid groups is 3. The molecular formula is C12H23FN3O12P3. The van der Waals surface area contributed by atoms with Crippen molar-refractivity contribution in [1.82, 2.24) is 4.90 Å². The molecule has 31 heavy (non-hydrogen) atoms. The largest absolute Gasteiger partial charge is 0.490 e. The average molecular weight is 513 g/mol. The van der Waals surface area contributed by atoms with Gasteiger partial charge in [-0.3, -0.25) is 4.52 Å². The van der Waals surface area contributed by atoms with E-state index in [4.69, 9.17) is 20.3 Å². The Morgan fingerprint density at radius 3 is 2.45 bits per heavy atom. The molecule has 19 heteroatoms. The SMILES string of the molecule is CCC[C@]1(COP(=O)(O)OP(=O)(O)OP(=O)(O)O)O[C@@H](N2C=CC(N)=NC2)[C@H](F)[C@@H]1O. The van der Waals surface area contributed by atoms with E-state index in [9.17, 15) is 33.0 Å². The zero-order valence-electron chi connectivity index (χ0n) is 16.0. The number of phosphoric ester groups is 1. The molecule has 15 nitrogen and oxygen atoms in total. The second-order valence-electron chi connectivity index (χ2n) is 6.63. The van der Waals surface area contributed by atoms with Crippen molar-refractivity contribution in [2.24, 2.45) is 10.7 Å². The van der Waals surface area contributed by atoms with Gasteiger partial charge in [-0.25, -0.2) is 23.1 Å². The van der Waals surface area contributed by atoms with Gasteiger partial charge in [-0.15, -0.1) is 0 Å². The van der Waals surface area contributed by atoms with E-state index in [1.165, 1.54) is 17.2 Å². The Labute approximate surface area is 175 Å². The van der Waals surface area contributed by atoms with E-state index in [-0.39, 0.29) is 18.9 Å². The number of nitrogens with two attached hydrogens (primary N) is 1. The summed E-state index contributed by atoms with van der Waals surface area (Å²) in [4.78, 5) is 41.1. The van der Waals surface area contributed by atoms with Crippen LogP contribution in [-0.4, -0.2) is 72.8 Å². The summed E-state index contributed by atoms with van der Waals surface area (Å²) < 4.78 is 66.4. The van der Waals surface area contributed by atoms with Gasteiger partial charge >= 0.3 is 23.5 Å². The summed E-state index contributed by atoms with van der Waals surface area (Å²) in [5, 5.41) is 10.4. The van der Waals surface area contributed by atoms with E-state index in [0.717, 1.165) is 0 Å². The molecule has 0 aromatic carbocycles. The second-order valence-corrected chi connectivity index (χ2v) is 11.1. The maximum absolute atomic E-state index is 14.8. The third-order valence-corrected chi connectivity index (χ3v) is 7.99. The smallest absolute Gasteiger partial charge is 0.387 e. The van der Waals surface area contributed by atoms with Crippen LogP contribution < -0.4 is 5.73 Å². The highest BCUT2D eigenvalue weighted by Gasteiger charge is 2.57. The number of halogens is 1. The molecule has 0 aliphatic carbocycles. The van der Waals surface area contributed by atoms with Crippen molar-refractivity contribution in [3.05, 3.63) is 12.3 Å². The Kier molecular flexibility index (Phi) is 8.24. The predicted octanol–water partition coefficient (Wildman–Crippen LogP) is 0.0679. The van der Waals surface area contributed by atoms with Crippen molar-refractivity contribution < 1.29 is 60.6 Å². The number of aliphatic hydroxyl groups is 1. The maximum atomic E-state index is 14.8. The van der Waals surface area contributed by atoms with Gasteiger partial charge in [0, 0.05) is 6.20 Å². The van der Waals surface area contributed by atoms with Crippen LogP contribution in [0.2, 0.25) is 0 Å². The summed E-state index contributed by atoms with van der Waals surface area (Å²) in [6.07, 6.45) is -2.22. The van der Waals surface area contributed by atoms with Crippen molar-refractivity contribution in [3.63, 3.8) is 0 Å². The highest BCUT2D eigenvalue weighted by Crippen LogP contribution is 2.66. The van der Waals surface area contributed by atoms with Crippen LogP contribution >= 0.6 is 23.5 Å². The molecule has 1 fully saturated rings. The molecular weight excluding hydrogens is 490 g/mol. The van der Waals surface area contributed by atoms with Gasteiger partial charge < -0.3 is 40.1 Å². The lowest BCUT2D eigenvalue weighted by Crippen LogP contribution is -2.46. The molecule has 2 aliphatic rings. The third-order valence-electron chi connectivity index (χ3n) is 4.21. The van der Waals surface area contributed by atoms with Crippen molar-refractivity contribution in [2.45, 2.75) is 43.9 Å². The zero-order chi connectivity index (χ0) is 23.7. The molecule has 0 radical (unpaired) electrons. The minimum absolute atomic E-state index is 0.0657. The number of amidine groups is 1. The van der Waals surface area contributed by atoms with E-state index >= 15 is 0 Å². The lowest BCUT2D eigenvalue weighted by atomic mass is 9.92. The normalized spacial score (nSPS) is 33.1. The van der Waals surface area contributed by atoms with Crippen LogP contribution in [0.15, 0.2) is 17.3 Å². The topological polar surface area (TPSA) is 231 Å². The van der Waals surface area contributed by atoms with Crippen molar-refractivity contribution in [1.29, 1.82) is 0 Å². The Morgan fingerprint density at radius 2 is 1.94 bits per heavy atom. The van der Waals surface area contributed by atoms with Gasteiger partial charge in [0.2, 0.25) is 0 Å². The Bertz CT molecular complexity index is 867. The Morgan fingerprint density at radius 1 is 1.29 bits per heavy atom. The van der Waals surface area contributed by atoms with Crippen molar-refractivity contribution >= 4 is 29.3 Å². The first-order chi connectivity index (χ1) is 14.1. The first-order valence-corrected chi connectivity index (χ1v) is 13.1. The average Bonchev–Trinajstić information content (AvgIpc) is 2.84. The van der Waals surface area contributed by atoms with Gasteiger partial charge in [-0.05, 0) is 12.5 Å². The van der Waals surface area contributed by atoms with Gasteiger partial charge in [0.25, 0.3) is 0 Å².